The lowest BCUT2D eigenvalue weighted by atomic mass is 10.1. The Morgan fingerprint density at radius 2 is 1.83 bits per heavy atom. The van der Waals surface area contributed by atoms with Crippen molar-refractivity contribution in [2.75, 3.05) is 5.32 Å². The SMILES string of the molecule is Cc1csc(-c2nc3ccccc3n2C(C(=O)Nc2c(C)cccc2C)C2CC2)c1. The maximum atomic E-state index is 13.7. The number of para-hydroxylation sites is 3. The number of fused-ring (bicyclic) bond motifs is 1. The fourth-order valence-corrected chi connectivity index (χ4v) is 5.10. The van der Waals surface area contributed by atoms with Gasteiger partial charge < -0.3 is 9.88 Å². The van der Waals surface area contributed by atoms with Gasteiger partial charge in [0.15, 0.2) is 5.82 Å². The molecule has 0 spiro atoms. The molecule has 1 fully saturated rings. The zero-order chi connectivity index (χ0) is 20.8. The van der Waals surface area contributed by atoms with Crippen molar-refractivity contribution in [3.63, 3.8) is 0 Å². The number of hydrogen-bond acceptors (Lipinski definition) is 3. The van der Waals surface area contributed by atoms with E-state index < -0.39 is 0 Å². The number of imidazole rings is 1. The van der Waals surface area contributed by atoms with E-state index in [9.17, 15) is 4.79 Å². The van der Waals surface area contributed by atoms with Crippen molar-refractivity contribution in [3.8, 4) is 10.7 Å². The minimum atomic E-state index is -0.270. The fourth-order valence-electron chi connectivity index (χ4n) is 4.21. The first-order valence-electron chi connectivity index (χ1n) is 10.4. The van der Waals surface area contributed by atoms with Gasteiger partial charge in [-0.2, -0.15) is 0 Å². The summed E-state index contributed by atoms with van der Waals surface area (Å²) in [7, 11) is 0. The summed E-state index contributed by atoms with van der Waals surface area (Å²) in [5, 5.41) is 5.39. The topological polar surface area (TPSA) is 46.9 Å². The summed E-state index contributed by atoms with van der Waals surface area (Å²) in [6.45, 7) is 6.18. The second kappa shape index (κ2) is 7.40. The van der Waals surface area contributed by atoms with Crippen LogP contribution in [0.25, 0.3) is 21.7 Å². The van der Waals surface area contributed by atoms with Gasteiger partial charge in [0.25, 0.3) is 0 Å². The molecule has 2 aromatic carbocycles. The van der Waals surface area contributed by atoms with Crippen LogP contribution >= 0.6 is 11.3 Å². The van der Waals surface area contributed by atoms with Crippen LogP contribution in [-0.4, -0.2) is 15.5 Å². The summed E-state index contributed by atoms with van der Waals surface area (Å²) in [5.41, 5.74) is 6.27. The fraction of sp³-hybridized carbons (Fsp3) is 0.280. The maximum Gasteiger partial charge on any atom is 0.247 e. The quantitative estimate of drug-likeness (QED) is 0.417. The van der Waals surface area contributed by atoms with Crippen molar-refractivity contribution in [1.29, 1.82) is 0 Å². The Kier molecular flexibility index (Phi) is 4.70. The van der Waals surface area contributed by atoms with E-state index in [1.54, 1.807) is 11.3 Å². The van der Waals surface area contributed by atoms with E-state index in [1.807, 2.05) is 50.2 Å². The number of aryl methyl sites for hydroxylation is 3. The highest BCUT2D eigenvalue weighted by Crippen LogP contribution is 2.44. The van der Waals surface area contributed by atoms with Crippen molar-refractivity contribution >= 4 is 34.0 Å². The van der Waals surface area contributed by atoms with Gasteiger partial charge in [-0.25, -0.2) is 4.98 Å². The number of carbonyl (C=O) groups is 1. The smallest absolute Gasteiger partial charge is 0.247 e. The van der Waals surface area contributed by atoms with Gasteiger partial charge in [0.1, 0.15) is 6.04 Å². The molecular weight excluding hydrogens is 390 g/mol. The summed E-state index contributed by atoms with van der Waals surface area (Å²) in [4.78, 5) is 19.7. The second-order valence-electron chi connectivity index (χ2n) is 8.32. The number of rotatable bonds is 5. The number of amides is 1. The molecule has 1 unspecified atom stereocenters. The monoisotopic (exact) mass is 415 g/mol. The molecule has 2 heterocycles. The highest BCUT2D eigenvalue weighted by molar-refractivity contribution is 7.13. The number of aromatic nitrogens is 2. The maximum absolute atomic E-state index is 13.7. The van der Waals surface area contributed by atoms with Crippen LogP contribution < -0.4 is 5.32 Å². The van der Waals surface area contributed by atoms with Gasteiger partial charge in [-0.15, -0.1) is 11.3 Å². The molecule has 1 amide bonds. The van der Waals surface area contributed by atoms with Crippen LogP contribution in [0.15, 0.2) is 53.9 Å². The molecule has 4 nitrogen and oxygen atoms in total. The van der Waals surface area contributed by atoms with Gasteiger partial charge in [0.05, 0.1) is 15.9 Å². The van der Waals surface area contributed by atoms with E-state index in [-0.39, 0.29) is 11.9 Å². The third kappa shape index (κ3) is 3.33. The first-order valence-corrected chi connectivity index (χ1v) is 11.3. The van der Waals surface area contributed by atoms with Gasteiger partial charge in [0.2, 0.25) is 5.91 Å². The first-order chi connectivity index (χ1) is 14.5. The third-order valence-electron chi connectivity index (χ3n) is 5.89. The van der Waals surface area contributed by atoms with Crippen LogP contribution in [0.1, 0.15) is 35.6 Å². The summed E-state index contributed by atoms with van der Waals surface area (Å²) >= 11 is 1.69. The predicted molar refractivity (Wildman–Crippen MR) is 124 cm³/mol. The standard InChI is InChI=1S/C25H25N3OS/c1-15-13-21(30-14-15)24-26-19-9-4-5-10-20(19)28(24)23(18-11-12-18)25(29)27-22-16(2)7-6-8-17(22)3/h4-10,13-14,18,23H,11-12H2,1-3H3,(H,27,29). The van der Waals surface area contributed by atoms with Gasteiger partial charge >= 0.3 is 0 Å². The van der Waals surface area contributed by atoms with E-state index in [4.69, 9.17) is 4.98 Å². The molecule has 0 radical (unpaired) electrons. The first kappa shape index (κ1) is 19.1. The van der Waals surface area contributed by atoms with Crippen molar-refractivity contribution in [2.24, 2.45) is 5.92 Å². The number of anilines is 1. The van der Waals surface area contributed by atoms with Crippen LogP contribution in [0.3, 0.4) is 0 Å². The Morgan fingerprint density at radius 1 is 1.10 bits per heavy atom. The van der Waals surface area contributed by atoms with Crippen LogP contribution in [0.5, 0.6) is 0 Å². The number of carbonyl (C=O) groups excluding carboxylic acids is 1. The van der Waals surface area contributed by atoms with Gasteiger partial charge in [-0.1, -0.05) is 30.3 Å². The molecular formula is C25H25N3OS. The highest BCUT2D eigenvalue weighted by Gasteiger charge is 2.40. The summed E-state index contributed by atoms with van der Waals surface area (Å²) in [5.74, 6) is 1.28. The molecule has 0 saturated heterocycles. The molecule has 1 atom stereocenters. The Bertz CT molecular complexity index is 1230. The molecule has 1 aliphatic rings. The molecule has 2 aromatic heterocycles. The van der Waals surface area contributed by atoms with Gasteiger partial charge in [-0.05, 0) is 79.8 Å². The van der Waals surface area contributed by atoms with Gasteiger partial charge in [-0.3, -0.25) is 4.79 Å². The predicted octanol–water partition coefficient (Wildman–Crippen LogP) is 6.28. The average Bonchev–Trinajstić information content (AvgIpc) is 3.35. The molecule has 0 bridgehead atoms. The molecule has 30 heavy (non-hydrogen) atoms. The number of benzene rings is 2. The van der Waals surface area contributed by atoms with Crippen molar-refractivity contribution < 1.29 is 4.79 Å². The zero-order valence-corrected chi connectivity index (χ0v) is 18.3. The zero-order valence-electron chi connectivity index (χ0n) is 17.5. The molecule has 1 N–H and O–H groups in total. The average molecular weight is 416 g/mol. The highest BCUT2D eigenvalue weighted by atomic mass is 32.1. The minimum Gasteiger partial charge on any atom is -0.324 e. The van der Waals surface area contributed by atoms with Crippen molar-refractivity contribution in [2.45, 2.75) is 39.7 Å². The Labute approximate surface area is 180 Å². The van der Waals surface area contributed by atoms with Crippen LogP contribution in [0.4, 0.5) is 5.69 Å². The van der Waals surface area contributed by atoms with Gasteiger partial charge in [0, 0.05) is 5.69 Å². The van der Waals surface area contributed by atoms with Crippen LogP contribution in [-0.2, 0) is 4.79 Å². The number of nitrogens with one attached hydrogen (secondary N) is 1. The van der Waals surface area contributed by atoms with E-state index in [0.717, 1.165) is 51.4 Å². The van der Waals surface area contributed by atoms with E-state index in [0.29, 0.717) is 5.92 Å². The Balaban J connectivity index is 1.64. The Morgan fingerprint density at radius 3 is 2.50 bits per heavy atom. The van der Waals surface area contributed by atoms with Crippen molar-refractivity contribution in [3.05, 3.63) is 70.6 Å². The third-order valence-corrected chi connectivity index (χ3v) is 6.94. The molecule has 1 aliphatic carbocycles. The lowest BCUT2D eigenvalue weighted by molar-refractivity contribution is -0.119. The van der Waals surface area contributed by atoms with Crippen LogP contribution in [0, 0.1) is 26.7 Å². The molecule has 152 valence electrons. The van der Waals surface area contributed by atoms with E-state index in [1.165, 1.54) is 5.56 Å². The largest absolute Gasteiger partial charge is 0.324 e. The normalized spacial score (nSPS) is 14.8. The molecule has 5 rings (SSSR count). The lowest BCUT2D eigenvalue weighted by Gasteiger charge is -2.22. The Hall–Kier alpha value is -2.92. The summed E-state index contributed by atoms with van der Waals surface area (Å²) in [6, 6.07) is 16.1. The van der Waals surface area contributed by atoms with Crippen molar-refractivity contribution in [1.82, 2.24) is 9.55 Å². The molecule has 5 heteroatoms. The summed E-state index contributed by atoms with van der Waals surface area (Å²) < 4.78 is 2.18. The molecule has 4 aromatic rings. The lowest BCUT2D eigenvalue weighted by Crippen LogP contribution is -2.28. The second-order valence-corrected chi connectivity index (χ2v) is 9.23. The van der Waals surface area contributed by atoms with E-state index in [2.05, 4.69) is 34.3 Å². The molecule has 1 saturated carbocycles. The molecule has 0 aliphatic heterocycles. The van der Waals surface area contributed by atoms with E-state index >= 15 is 0 Å². The number of thiophene rings is 1. The van der Waals surface area contributed by atoms with Crippen LogP contribution in [0.2, 0.25) is 0 Å². The number of nitrogens with zero attached hydrogens (tertiary/aromatic N) is 2. The minimum absolute atomic E-state index is 0.0487. The summed E-state index contributed by atoms with van der Waals surface area (Å²) in [6.07, 6.45) is 2.14. The number of hydrogen-bond donors (Lipinski definition) is 1.